The molecule has 5 heteroatoms. The van der Waals surface area contributed by atoms with Crippen molar-refractivity contribution in [3.05, 3.63) is 30.1 Å². The van der Waals surface area contributed by atoms with Crippen LogP contribution in [0, 0.1) is 0 Å². The molecule has 1 aromatic heterocycles. The predicted molar refractivity (Wildman–Crippen MR) is 68.5 cm³/mol. The van der Waals surface area contributed by atoms with Crippen LogP contribution in [0.3, 0.4) is 0 Å². The van der Waals surface area contributed by atoms with E-state index < -0.39 is 6.04 Å². The molecule has 1 heterocycles. The highest BCUT2D eigenvalue weighted by Gasteiger charge is 2.12. The Balaban J connectivity index is 2.35. The van der Waals surface area contributed by atoms with Gasteiger partial charge in [0.2, 0.25) is 12.2 Å². The molecule has 0 saturated carbocycles. The van der Waals surface area contributed by atoms with Crippen molar-refractivity contribution in [3.8, 4) is 0 Å². The van der Waals surface area contributed by atoms with Crippen molar-refractivity contribution in [1.82, 2.24) is 10.3 Å². The monoisotopic (exact) mass is 248 g/mol. The van der Waals surface area contributed by atoms with Gasteiger partial charge in [-0.3, -0.25) is 14.6 Å². The molecule has 1 amide bonds. The van der Waals surface area contributed by atoms with E-state index in [1.165, 1.54) is 0 Å². The van der Waals surface area contributed by atoms with E-state index in [1.54, 1.807) is 18.3 Å². The third kappa shape index (κ3) is 5.54. The number of carbonyl (C=O) groups is 1. The predicted octanol–water partition coefficient (Wildman–Crippen LogP) is 0.348. The number of rotatable bonds is 8. The molecular formula is C13H18N3O2. The second kappa shape index (κ2) is 8.36. The molecule has 18 heavy (non-hydrogen) atoms. The average molecular weight is 248 g/mol. The van der Waals surface area contributed by atoms with E-state index in [-0.39, 0.29) is 12.3 Å². The van der Waals surface area contributed by atoms with E-state index in [4.69, 9.17) is 5.73 Å². The van der Waals surface area contributed by atoms with Crippen molar-refractivity contribution >= 4 is 12.2 Å². The van der Waals surface area contributed by atoms with Gasteiger partial charge in [0.1, 0.15) is 0 Å². The quantitative estimate of drug-likeness (QED) is 0.650. The summed E-state index contributed by atoms with van der Waals surface area (Å²) in [5.74, 6) is -0.213. The molecular weight excluding hydrogens is 230 g/mol. The molecule has 97 valence electrons. The summed E-state index contributed by atoms with van der Waals surface area (Å²) in [7, 11) is 0. The highest BCUT2D eigenvalue weighted by atomic mass is 16.2. The maximum Gasteiger partial charge on any atom is 0.226 e. The van der Waals surface area contributed by atoms with Gasteiger partial charge in [-0.2, -0.15) is 0 Å². The molecule has 0 aromatic carbocycles. The average Bonchev–Trinajstić information content (AvgIpc) is 2.39. The van der Waals surface area contributed by atoms with Gasteiger partial charge in [-0.1, -0.05) is 6.07 Å². The first-order chi connectivity index (χ1) is 8.76. The van der Waals surface area contributed by atoms with Crippen LogP contribution in [0.4, 0.5) is 0 Å². The number of nitrogens with one attached hydrogen (secondary N) is 1. The number of nitrogens with zero attached hydrogens (tertiary/aromatic N) is 1. The van der Waals surface area contributed by atoms with Gasteiger partial charge in [-0.15, -0.1) is 0 Å². The number of hydrogen-bond acceptors (Lipinski definition) is 4. The lowest BCUT2D eigenvalue weighted by Crippen LogP contribution is -2.37. The number of pyridine rings is 1. The van der Waals surface area contributed by atoms with E-state index in [1.807, 2.05) is 12.4 Å². The molecule has 1 rings (SSSR count). The molecule has 0 aliphatic rings. The van der Waals surface area contributed by atoms with Gasteiger partial charge < -0.3 is 11.1 Å². The van der Waals surface area contributed by atoms with Gasteiger partial charge in [0.05, 0.1) is 12.5 Å². The Bertz CT molecular complexity index is 368. The number of hydrogen-bond donors (Lipinski definition) is 2. The minimum absolute atomic E-state index is 0.176. The normalized spacial score (nSPS) is 11.8. The van der Waals surface area contributed by atoms with E-state index in [0.29, 0.717) is 18.7 Å². The molecule has 5 nitrogen and oxygen atoms in total. The van der Waals surface area contributed by atoms with E-state index >= 15 is 0 Å². The van der Waals surface area contributed by atoms with E-state index in [0.717, 1.165) is 12.8 Å². The van der Waals surface area contributed by atoms with Gasteiger partial charge in [0.25, 0.3) is 0 Å². The SMILES string of the molecule is NCCCC[C@@H]([C]=O)NC(=O)Cc1ccccn1. The van der Waals surface area contributed by atoms with Crippen LogP contribution >= 0.6 is 0 Å². The smallest absolute Gasteiger partial charge is 0.226 e. The minimum atomic E-state index is -0.548. The minimum Gasteiger partial charge on any atom is -0.345 e. The standard InChI is InChI=1S/C13H18N3O2/c14-7-3-1-6-12(10-17)16-13(18)9-11-5-2-4-8-15-11/h2,4-5,8,12H,1,3,6-7,9,14H2,(H,16,18)/t12-/m0/s1. The van der Waals surface area contributed by atoms with Crippen molar-refractivity contribution in [2.75, 3.05) is 6.54 Å². The van der Waals surface area contributed by atoms with Gasteiger partial charge in [0.15, 0.2) is 0 Å². The number of amides is 1. The summed E-state index contributed by atoms with van der Waals surface area (Å²) < 4.78 is 0. The highest BCUT2D eigenvalue weighted by Crippen LogP contribution is 2.00. The molecule has 1 radical (unpaired) electrons. The summed E-state index contributed by atoms with van der Waals surface area (Å²) in [4.78, 5) is 26.4. The summed E-state index contributed by atoms with van der Waals surface area (Å²) in [5.41, 5.74) is 6.05. The van der Waals surface area contributed by atoms with Crippen LogP contribution in [0.2, 0.25) is 0 Å². The number of unbranched alkanes of at least 4 members (excludes halogenated alkanes) is 1. The summed E-state index contributed by atoms with van der Waals surface area (Å²) in [6, 6.07) is 4.83. The number of carbonyl (C=O) groups excluding carboxylic acids is 2. The fraction of sp³-hybridized carbons (Fsp3) is 0.462. The number of nitrogens with two attached hydrogens (primary N) is 1. The van der Waals surface area contributed by atoms with Crippen LogP contribution in [0.1, 0.15) is 25.0 Å². The van der Waals surface area contributed by atoms with Gasteiger partial charge in [-0.05, 0) is 37.9 Å². The first-order valence-corrected chi connectivity index (χ1v) is 6.03. The Hall–Kier alpha value is -1.75. The highest BCUT2D eigenvalue weighted by molar-refractivity contribution is 5.81. The van der Waals surface area contributed by atoms with Crippen LogP contribution in [0.5, 0.6) is 0 Å². The lowest BCUT2D eigenvalue weighted by Gasteiger charge is -2.11. The van der Waals surface area contributed by atoms with Crippen LogP contribution < -0.4 is 11.1 Å². The molecule has 0 spiro atoms. The van der Waals surface area contributed by atoms with E-state index in [9.17, 15) is 9.59 Å². The summed E-state index contributed by atoms with van der Waals surface area (Å²) >= 11 is 0. The van der Waals surface area contributed by atoms with Gasteiger partial charge >= 0.3 is 0 Å². The second-order valence-corrected chi connectivity index (χ2v) is 4.02. The van der Waals surface area contributed by atoms with Crippen molar-refractivity contribution in [1.29, 1.82) is 0 Å². The molecule has 0 saturated heterocycles. The molecule has 0 fully saturated rings. The third-order valence-corrected chi connectivity index (χ3v) is 2.49. The topological polar surface area (TPSA) is 85.1 Å². The summed E-state index contributed by atoms with van der Waals surface area (Å²) in [6.45, 7) is 0.591. The van der Waals surface area contributed by atoms with Crippen molar-refractivity contribution < 1.29 is 9.59 Å². The Morgan fingerprint density at radius 1 is 1.44 bits per heavy atom. The van der Waals surface area contributed by atoms with Crippen LogP contribution in [-0.4, -0.2) is 29.8 Å². The Morgan fingerprint density at radius 3 is 2.89 bits per heavy atom. The van der Waals surface area contributed by atoms with Crippen LogP contribution in [0.25, 0.3) is 0 Å². The fourth-order valence-electron chi connectivity index (χ4n) is 1.57. The molecule has 3 N–H and O–H groups in total. The van der Waals surface area contributed by atoms with Gasteiger partial charge in [0, 0.05) is 11.9 Å². The van der Waals surface area contributed by atoms with Crippen molar-refractivity contribution in [2.24, 2.45) is 5.73 Å². The Morgan fingerprint density at radius 2 is 2.28 bits per heavy atom. The maximum atomic E-state index is 11.7. The molecule has 0 aliphatic carbocycles. The van der Waals surface area contributed by atoms with Crippen molar-refractivity contribution in [3.63, 3.8) is 0 Å². The Kier molecular flexibility index (Phi) is 6.64. The lowest BCUT2D eigenvalue weighted by atomic mass is 10.1. The number of aromatic nitrogens is 1. The molecule has 0 bridgehead atoms. The van der Waals surface area contributed by atoms with Gasteiger partial charge in [-0.25, -0.2) is 0 Å². The Labute approximate surface area is 107 Å². The zero-order valence-electron chi connectivity index (χ0n) is 10.3. The van der Waals surface area contributed by atoms with Crippen LogP contribution in [-0.2, 0) is 16.0 Å². The molecule has 1 aromatic rings. The fourth-order valence-corrected chi connectivity index (χ4v) is 1.57. The zero-order valence-corrected chi connectivity index (χ0v) is 10.3. The first kappa shape index (κ1) is 14.3. The largest absolute Gasteiger partial charge is 0.345 e. The maximum absolute atomic E-state index is 11.7. The zero-order chi connectivity index (χ0) is 13.2. The molecule has 0 aliphatic heterocycles. The van der Waals surface area contributed by atoms with Crippen LogP contribution in [0.15, 0.2) is 24.4 Å². The van der Waals surface area contributed by atoms with E-state index in [2.05, 4.69) is 10.3 Å². The first-order valence-electron chi connectivity index (χ1n) is 6.03. The summed E-state index contributed by atoms with van der Waals surface area (Å²) in [5, 5.41) is 2.63. The molecule has 1 atom stereocenters. The molecule has 0 unspecified atom stereocenters. The van der Waals surface area contributed by atoms with Crippen molar-refractivity contribution in [2.45, 2.75) is 31.7 Å². The second-order valence-electron chi connectivity index (χ2n) is 4.02. The third-order valence-electron chi connectivity index (χ3n) is 2.49. The lowest BCUT2D eigenvalue weighted by molar-refractivity contribution is -0.120. The summed E-state index contributed by atoms with van der Waals surface area (Å²) in [6.07, 6.45) is 5.87.